The largest absolute Gasteiger partial charge is 0.508 e. The lowest BCUT2D eigenvalue weighted by molar-refractivity contribution is 0.0974. The molecule has 0 aliphatic heterocycles. The van der Waals surface area contributed by atoms with Gasteiger partial charge in [-0.2, -0.15) is 0 Å². The number of nitrogens with zero attached hydrogens (tertiary/aromatic N) is 1. The van der Waals surface area contributed by atoms with Crippen LogP contribution in [0.5, 0.6) is 5.75 Å². The highest BCUT2D eigenvalue weighted by Gasteiger charge is 2.12. The van der Waals surface area contributed by atoms with Crippen LogP contribution in [0.15, 0.2) is 60.8 Å². The number of fused-ring (bicyclic) bond motifs is 1. The summed E-state index contributed by atoms with van der Waals surface area (Å²) in [6, 6.07) is 14.7. The standard InChI is InChI=1S/C19H18N2O2/c20-11-10-15-13-21(18-8-7-16(22)12-17(15)18)19(23)9-6-14-4-2-1-3-5-14/h1-9,12-13,22H,10-11,20H2/b9-6+. The van der Waals surface area contributed by atoms with Gasteiger partial charge >= 0.3 is 0 Å². The summed E-state index contributed by atoms with van der Waals surface area (Å²) in [5.41, 5.74) is 8.34. The number of phenolic OH excluding ortho intramolecular Hbond substituents is 1. The molecule has 4 nitrogen and oxygen atoms in total. The van der Waals surface area contributed by atoms with E-state index in [-0.39, 0.29) is 11.7 Å². The highest BCUT2D eigenvalue weighted by Crippen LogP contribution is 2.26. The van der Waals surface area contributed by atoms with Crippen molar-refractivity contribution >= 4 is 22.9 Å². The Labute approximate surface area is 134 Å². The van der Waals surface area contributed by atoms with E-state index in [9.17, 15) is 9.90 Å². The molecule has 23 heavy (non-hydrogen) atoms. The molecule has 0 saturated carbocycles. The summed E-state index contributed by atoms with van der Waals surface area (Å²) in [7, 11) is 0. The number of aromatic hydroxyl groups is 1. The maximum atomic E-state index is 12.5. The summed E-state index contributed by atoms with van der Waals surface area (Å²) in [4.78, 5) is 12.5. The Kier molecular flexibility index (Phi) is 4.26. The molecule has 2 aromatic carbocycles. The van der Waals surface area contributed by atoms with Crippen molar-refractivity contribution in [3.05, 3.63) is 71.9 Å². The molecule has 0 unspecified atom stereocenters. The number of rotatable bonds is 4. The van der Waals surface area contributed by atoms with Gasteiger partial charge in [0.2, 0.25) is 0 Å². The molecule has 0 amide bonds. The minimum atomic E-state index is -0.132. The first-order valence-electron chi connectivity index (χ1n) is 7.49. The van der Waals surface area contributed by atoms with Crippen molar-refractivity contribution in [3.8, 4) is 5.75 Å². The van der Waals surface area contributed by atoms with Crippen molar-refractivity contribution in [2.45, 2.75) is 6.42 Å². The molecular formula is C19H18N2O2. The van der Waals surface area contributed by atoms with Crippen LogP contribution in [-0.2, 0) is 6.42 Å². The van der Waals surface area contributed by atoms with Crippen molar-refractivity contribution in [1.82, 2.24) is 4.57 Å². The number of allylic oxidation sites excluding steroid dienone is 1. The SMILES string of the molecule is NCCc1cn(C(=O)/C=C/c2ccccc2)c2ccc(O)cc12. The molecule has 0 radical (unpaired) electrons. The molecule has 0 aliphatic rings. The Hall–Kier alpha value is -2.85. The number of phenols is 1. The van der Waals surface area contributed by atoms with Crippen molar-refractivity contribution in [2.24, 2.45) is 5.73 Å². The van der Waals surface area contributed by atoms with Crippen LogP contribution in [0.1, 0.15) is 15.9 Å². The lowest BCUT2D eigenvalue weighted by atomic mass is 10.1. The first-order chi connectivity index (χ1) is 11.2. The van der Waals surface area contributed by atoms with Gasteiger partial charge in [-0.05, 0) is 48.4 Å². The molecule has 0 spiro atoms. The van der Waals surface area contributed by atoms with Gasteiger partial charge in [-0.1, -0.05) is 30.3 Å². The average molecular weight is 306 g/mol. The van der Waals surface area contributed by atoms with Gasteiger partial charge in [-0.3, -0.25) is 9.36 Å². The van der Waals surface area contributed by atoms with Gasteiger partial charge in [0.25, 0.3) is 5.91 Å². The van der Waals surface area contributed by atoms with E-state index in [0.29, 0.717) is 13.0 Å². The highest BCUT2D eigenvalue weighted by atomic mass is 16.3. The van der Waals surface area contributed by atoms with Crippen LogP contribution >= 0.6 is 0 Å². The van der Waals surface area contributed by atoms with Crippen molar-refractivity contribution in [3.63, 3.8) is 0 Å². The molecule has 3 aromatic rings. The van der Waals surface area contributed by atoms with E-state index in [0.717, 1.165) is 22.0 Å². The second-order valence-electron chi connectivity index (χ2n) is 5.35. The number of nitrogens with two attached hydrogens (primary N) is 1. The zero-order valence-corrected chi connectivity index (χ0v) is 12.6. The van der Waals surface area contributed by atoms with E-state index in [4.69, 9.17) is 5.73 Å². The predicted octanol–water partition coefficient (Wildman–Crippen LogP) is 3.20. The van der Waals surface area contributed by atoms with Crippen molar-refractivity contribution in [1.29, 1.82) is 0 Å². The minimum Gasteiger partial charge on any atom is -0.508 e. The van der Waals surface area contributed by atoms with Gasteiger partial charge in [0.05, 0.1) is 5.52 Å². The van der Waals surface area contributed by atoms with Gasteiger partial charge in [-0.15, -0.1) is 0 Å². The second kappa shape index (κ2) is 6.50. The third kappa shape index (κ3) is 3.17. The molecule has 0 atom stereocenters. The lowest BCUT2D eigenvalue weighted by Gasteiger charge is -2.00. The summed E-state index contributed by atoms with van der Waals surface area (Å²) in [6.07, 6.45) is 5.79. The fourth-order valence-corrected chi connectivity index (χ4v) is 2.64. The lowest BCUT2D eigenvalue weighted by Crippen LogP contribution is -2.06. The van der Waals surface area contributed by atoms with E-state index in [2.05, 4.69) is 0 Å². The molecule has 0 bridgehead atoms. The van der Waals surface area contributed by atoms with E-state index in [1.54, 1.807) is 41.1 Å². The van der Waals surface area contributed by atoms with Crippen LogP contribution in [0.4, 0.5) is 0 Å². The number of aromatic nitrogens is 1. The Morgan fingerprint density at radius 2 is 1.96 bits per heavy atom. The first kappa shape index (κ1) is 15.1. The van der Waals surface area contributed by atoms with Crippen LogP contribution in [0, 0.1) is 0 Å². The van der Waals surface area contributed by atoms with Crippen LogP contribution in [0.25, 0.3) is 17.0 Å². The summed E-state index contributed by atoms with van der Waals surface area (Å²) in [5, 5.41) is 10.5. The number of hydrogen-bond donors (Lipinski definition) is 2. The third-order valence-electron chi connectivity index (χ3n) is 3.74. The molecule has 1 aromatic heterocycles. The maximum Gasteiger partial charge on any atom is 0.255 e. The Morgan fingerprint density at radius 3 is 2.70 bits per heavy atom. The van der Waals surface area contributed by atoms with Gasteiger partial charge in [0.15, 0.2) is 0 Å². The van der Waals surface area contributed by atoms with Gasteiger partial charge in [-0.25, -0.2) is 0 Å². The summed E-state index contributed by atoms with van der Waals surface area (Å²) < 4.78 is 1.60. The number of carbonyl (C=O) groups is 1. The summed E-state index contributed by atoms with van der Waals surface area (Å²) in [5.74, 6) is 0.0496. The number of hydrogen-bond acceptors (Lipinski definition) is 3. The highest BCUT2D eigenvalue weighted by molar-refractivity contribution is 6.01. The molecule has 0 aliphatic carbocycles. The first-order valence-corrected chi connectivity index (χ1v) is 7.49. The fraction of sp³-hybridized carbons (Fsp3) is 0.105. The van der Waals surface area contributed by atoms with Crippen LogP contribution in [0.2, 0.25) is 0 Å². The monoisotopic (exact) mass is 306 g/mol. The second-order valence-corrected chi connectivity index (χ2v) is 5.35. The van der Waals surface area contributed by atoms with E-state index in [1.807, 2.05) is 30.3 Å². The Bertz CT molecular complexity index is 864. The summed E-state index contributed by atoms with van der Waals surface area (Å²) in [6.45, 7) is 0.489. The topological polar surface area (TPSA) is 68.2 Å². The smallest absolute Gasteiger partial charge is 0.255 e. The van der Waals surface area contributed by atoms with E-state index in [1.165, 1.54) is 0 Å². The minimum absolute atomic E-state index is 0.132. The van der Waals surface area contributed by atoms with Gasteiger partial charge < -0.3 is 10.8 Å². The van der Waals surface area contributed by atoms with Crippen molar-refractivity contribution in [2.75, 3.05) is 6.54 Å². The Morgan fingerprint density at radius 1 is 1.17 bits per heavy atom. The zero-order valence-electron chi connectivity index (χ0n) is 12.6. The molecular weight excluding hydrogens is 288 g/mol. The third-order valence-corrected chi connectivity index (χ3v) is 3.74. The molecule has 1 heterocycles. The van der Waals surface area contributed by atoms with Crippen LogP contribution in [-0.4, -0.2) is 22.1 Å². The average Bonchev–Trinajstić information content (AvgIpc) is 2.92. The molecule has 116 valence electrons. The summed E-state index contributed by atoms with van der Waals surface area (Å²) >= 11 is 0. The normalized spacial score (nSPS) is 11.3. The molecule has 0 fully saturated rings. The maximum absolute atomic E-state index is 12.5. The number of benzene rings is 2. The van der Waals surface area contributed by atoms with Gasteiger partial charge in [0, 0.05) is 17.7 Å². The van der Waals surface area contributed by atoms with Crippen molar-refractivity contribution < 1.29 is 9.90 Å². The number of carbonyl (C=O) groups excluding carboxylic acids is 1. The molecule has 4 heteroatoms. The fourth-order valence-electron chi connectivity index (χ4n) is 2.64. The molecule has 3 rings (SSSR count). The quantitative estimate of drug-likeness (QED) is 0.727. The van der Waals surface area contributed by atoms with Gasteiger partial charge in [0.1, 0.15) is 5.75 Å². The predicted molar refractivity (Wildman–Crippen MR) is 92.5 cm³/mol. The van der Waals surface area contributed by atoms with E-state index < -0.39 is 0 Å². The van der Waals surface area contributed by atoms with E-state index >= 15 is 0 Å². The molecule has 3 N–H and O–H groups in total. The van der Waals surface area contributed by atoms with Crippen LogP contribution in [0.3, 0.4) is 0 Å². The zero-order chi connectivity index (χ0) is 16.2. The molecule has 0 saturated heterocycles. The van der Waals surface area contributed by atoms with Crippen LogP contribution < -0.4 is 5.73 Å². The Balaban J connectivity index is 1.99.